The molecule has 0 fully saturated rings. The summed E-state index contributed by atoms with van der Waals surface area (Å²) >= 11 is 0. The molecule has 1 amide bonds. The number of fused-ring (bicyclic) bond motifs is 1. The van der Waals surface area contributed by atoms with E-state index in [1.165, 1.54) is 6.07 Å². The fourth-order valence-corrected chi connectivity index (χ4v) is 3.18. The van der Waals surface area contributed by atoms with Crippen molar-refractivity contribution in [3.05, 3.63) is 69.8 Å². The lowest BCUT2D eigenvalue weighted by atomic mass is 9.88. The Balaban J connectivity index is 2.30. The number of hydrogen-bond acceptors (Lipinski definition) is 5. The van der Waals surface area contributed by atoms with Gasteiger partial charge in [0.15, 0.2) is 5.76 Å². The van der Waals surface area contributed by atoms with E-state index in [9.17, 15) is 14.7 Å². The molecule has 2 aromatic carbocycles. The number of methoxy groups -OCH3 is 1. The normalized spacial score (nSPS) is 12.1. The summed E-state index contributed by atoms with van der Waals surface area (Å²) in [6.07, 6.45) is -0.115. The molecule has 0 radical (unpaired) electrons. The molecule has 0 aliphatic rings. The Bertz CT molecular complexity index is 1040. The standard InChI is InChI=1S/C20H19NO5/c1-11-9-16(22)19(24)20(26-11)15(10-18(21)23)13-7-8-17(25-2)14-6-4-3-5-12(13)14/h3-9,15,24H,10H2,1-2H3,(H2,21,23). The second kappa shape index (κ2) is 6.92. The second-order valence-corrected chi connectivity index (χ2v) is 6.06. The summed E-state index contributed by atoms with van der Waals surface area (Å²) in [5.41, 5.74) is 5.58. The van der Waals surface area contributed by atoms with Crippen LogP contribution in [-0.2, 0) is 4.79 Å². The molecule has 6 nitrogen and oxygen atoms in total. The minimum absolute atomic E-state index is 0.0316. The van der Waals surface area contributed by atoms with Crippen molar-refractivity contribution in [2.24, 2.45) is 5.73 Å². The van der Waals surface area contributed by atoms with E-state index < -0.39 is 23.0 Å². The smallest absolute Gasteiger partial charge is 0.227 e. The molecule has 0 saturated carbocycles. The van der Waals surface area contributed by atoms with Crippen molar-refractivity contribution in [2.75, 3.05) is 7.11 Å². The van der Waals surface area contributed by atoms with Crippen molar-refractivity contribution < 1.29 is 19.1 Å². The van der Waals surface area contributed by atoms with Gasteiger partial charge in [0, 0.05) is 17.9 Å². The number of rotatable bonds is 5. The second-order valence-electron chi connectivity index (χ2n) is 6.06. The van der Waals surface area contributed by atoms with Gasteiger partial charge in [0.05, 0.1) is 13.0 Å². The molecule has 0 spiro atoms. The van der Waals surface area contributed by atoms with Crippen LogP contribution in [-0.4, -0.2) is 18.1 Å². The summed E-state index contributed by atoms with van der Waals surface area (Å²) in [7, 11) is 1.58. The first-order chi connectivity index (χ1) is 12.4. The first kappa shape index (κ1) is 17.5. The third-order valence-electron chi connectivity index (χ3n) is 4.31. The zero-order valence-electron chi connectivity index (χ0n) is 14.5. The summed E-state index contributed by atoms with van der Waals surface area (Å²) in [6, 6.07) is 12.3. The molecular weight excluding hydrogens is 334 g/mol. The van der Waals surface area contributed by atoms with Gasteiger partial charge in [0.25, 0.3) is 0 Å². The minimum Gasteiger partial charge on any atom is -0.502 e. The number of carbonyl (C=O) groups is 1. The summed E-state index contributed by atoms with van der Waals surface area (Å²) in [6.45, 7) is 1.61. The average molecular weight is 353 g/mol. The van der Waals surface area contributed by atoms with Gasteiger partial charge in [-0.2, -0.15) is 0 Å². The zero-order chi connectivity index (χ0) is 18.8. The number of carbonyl (C=O) groups excluding carboxylic acids is 1. The highest BCUT2D eigenvalue weighted by molar-refractivity contribution is 5.92. The van der Waals surface area contributed by atoms with E-state index in [1.807, 2.05) is 24.3 Å². The van der Waals surface area contributed by atoms with Crippen molar-refractivity contribution in [2.45, 2.75) is 19.3 Å². The number of ether oxygens (including phenoxy) is 1. The van der Waals surface area contributed by atoms with Crippen molar-refractivity contribution in [1.82, 2.24) is 0 Å². The maximum Gasteiger partial charge on any atom is 0.227 e. The molecule has 134 valence electrons. The highest BCUT2D eigenvalue weighted by Gasteiger charge is 2.26. The van der Waals surface area contributed by atoms with Gasteiger partial charge in [-0.05, 0) is 23.9 Å². The summed E-state index contributed by atoms with van der Waals surface area (Å²) in [4.78, 5) is 23.7. The Morgan fingerprint density at radius 2 is 1.92 bits per heavy atom. The largest absolute Gasteiger partial charge is 0.502 e. The van der Waals surface area contributed by atoms with Crippen molar-refractivity contribution in [1.29, 1.82) is 0 Å². The van der Waals surface area contributed by atoms with Gasteiger partial charge >= 0.3 is 0 Å². The van der Waals surface area contributed by atoms with Gasteiger partial charge in [-0.3, -0.25) is 9.59 Å². The van der Waals surface area contributed by atoms with E-state index >= 15 is 0 Å². The van der Waals surface area contributed by atoms with Crippen LogP contribution < -0.4 is 15.9 Å². The lowest BCUT2D eigenvalue weighted by molar-refractivity contribution is -0.118. The Hall–Kier alpha value is -3.28. The van der Waals surface area contributed by atoms with Crippen molar-refractivity contribution in [3.63, 3.8) is 0 Å². The van der Waals surface area contributed by atoms with E-state index in [0.717, 1.165) is 10.8 Å². The van der Waals surface area contributed by atoms with Crippen LogP contribution in [0.2, 0.25) is 0 Å². The molecule has 3 aromatic rings. The van der Waals surface area contributed by atoms with Gasteiger partial charge in [0.2, 0.25) is 17.1 Å². The number of aromatic hydroxyl groups is 1. The monoisotopic (exact) mass is 353 g/mol. The highest BCUT2D eigenvalue weighted by Crippen LogP contribution is 2.39. The van der Waals surface area contributed by atoms with Crippen molar-refractivity contribution in [3.8, 4) is 11.5 Å². The third kappa shape index (κ3) is 3.13. The number of benzene rings is 2. The third-order valence-corrected chi connectivity index (χ3v) is 4.31. The van der Waals surface area contributed by atoms with E-state index in [4.69, 9.17) is 14.9 Å². The first-order valence-electron chi connectivity index (χ1n) is 8.10. The Kier molecular flexibility index (Phi) is 4.67. The van der Waals surface area contributed by atoms with Gasteiger partial charge < -0.3 is 20.0 Å². The van der Waals surface area contributed by atoms with Crippen LogP contribution in [0.5, 0.6) is 11.5 Å². The first-order valence-corrected chi connectivity index (χ1v) is 8.10. The van der Waals surface area contributed by atoms with Gasteiger partial charge in [-0.25, -0.2) is 0 Å². The molecule has 1 unspecified atom stereocenters. The molecule has 1 aromatic heterocycles. The van der Waals surface area contributed by atoms with Crippen LogP contribution in [0.25, 0.3) is 10.8 Å². The number of aryl methyl sites for hydroxylation is 1. The maximum absolute atomic E-state index is 12.0. The summed E-state index contributed by atoms with van der Waals surface area (Å²) < 4.78 is 11.0. The molecule has 0 aliphatic carbocycles. The number of primary amides is 1. The highest BCUT2D eigenvalue weighted by atomic mass is 16.5. The van der Waals surface area contributed by atoms with Crippen LogP contribution in [0, 0.1) is 6.92 Å². The van der Waals surface area contributed by atoms with Gasteiger partial charge in [-0.1, -0.05) is 30.3 Å². The number of amides is 1. The lowest BCUT2D eigenvalue weighted by Gasteiger charge is -2.19. The quantitative estimate of drug-likeness (QED) is 0.734. The minimum atomic E-state index is -0.698. The van der Waals surface area contributed by atoms with Crippen molar-refractivity contribution >= 4 is 16.7 Å². The maximum atomic E-state index is 12.0. The predicted molar refractivity (Wildman–Crippen MR) is 97.5 cm³/mol. The molecule has 0 bridgehead atoms. The molecule has 6 heteroatoms. The van der Waals surface area contributed by atoms with Crippen LogP contribution in [0.1, 0.15) is 29.4 Å². The van der Waals surface area contributed by atoms with E-state index in [2.05, 4.69) is 0 Å². The fourth-order valence-electron chi connectivity index (χ4n) is 3.18. The fraction of sp³-hybridized carbons (Fsp3) is 0.200. The molecule has 3 rings (SSSR count). The molecule has 0 aliphatic heterocycles. The van der Waals surface area contributed by atoms with Crippen LogP contribution in [0.3, 0.4) is 0 Å². The van der Waals surface area contributed by atoms with Crippen LogP contribution >= 0.6 is 0 Å². The molecule has 3 N–H and O–H groups in total. The van der Waals surface area contributed by atoms with Crippen LogP contribution in [0.15, 0.2) is 51.7 Å². The Morgan fingerprint density at radius 3 is 2.58 bits per heavy atom. The summed E-state index contributed by atoms with van der Waals surface area (Å²) in [5, 5.41) is 11.9. The Morgan fingerprint density at radius 1 is 1.23 bits per heavy atom. The molecule has 1 atom stereocenters. The lowest BCUT2D eigenvalue weighted by Crippen LogP contribution is -2.18. The average Bonchev–Trinajstić information content (AvgIpc) is 2.62. The predicted octanol–water partition coefficient (Wildman–Crippen LogP) is 2.82. The topological polar surface area (TPSA) is 103 Å². The van der Waals surface area contributed by atoms with Crippen LogP contribution in [0.4, 0.5) is 0 Å². The molecule has 26 heavy (non-hydrogen) atoms. The van der Waals surface area contributed by atoms with E-state index in [-0.39, 0.29) is 12.2 Å². The van der Waals surface area contributed by atoms with E-state index in [0.29, 0.717) is 17.1 Å². The summed E-state index contributed by atoms with van der Waals surface area (Å²) in [5.74, 6) is -0.729. The zero-order valence-corrected chi connectivity index (χ0v) is 14.5. The molecular formula is C20H19NO5. The number of hydrogen-bond donors (Lipinski definition) is 2. The van der Waals surface area contributed by atoms with Gasteiger partial charge in [-0.15, -0.1) is 0 Å². The molecule has 1 heterocycles. The molecule has 0 saturated heterocycles. The number of nitrogens with two attached hydrogens (primary N) is 1. The van der Waals surface area contributed by atoms with E-state index in [1.54, 1.807) is 26.2 Å². The van der Waals surface area contributed by atoms with Gasteiger partial charge in [0.1, 0.15) is 11.5 Å². The SMILES string of the molecule is COc1ccc(C(CC(N)=O)c2oc(C)cc(=O)c2O)c2ccccc12. The Labute approximate surface area is 149 Å².